The highest BCUT2D eigenvalue weighted by molar-refractivity contribution is 7.99. The third kappa shape index (κ3) is 5.59. The first kappa shape index (κ1) is 19.9. The topological polar surface area (TPSA) is 120 Å². The quantitative estimate of drug-likeness (QED) is 0.669. The minimum Gasteiger partial charge on any atom is -0.486 e. The Labute approximate surface area is 166 Å². The summed E-state index contributed by atoms with van der Waals surface area (Å²) in [5.41, 5.74) is 0.511. The number of nitrogens with one attached hydrogen (secondary N) is 2. The van der Waals surface area contributed by atoms with Gasteiger partial charge in [0.25, 0.3) is 0 Å². The molecule has 0 unspecified atom stereocenters. The number of thioether (sulfide) groups is 1. The predicted molar refractivity (Wildman–Crippen MR) is 103 cm³/mol. The zero-order valence-corrected chi connectivity index (χ0v) is 16.5. The van der Waals surface area contributed by atoms with Gasteiger partial charge in [-0.2, -0.15) is 0 Å². The molecular formula is C17H22N6O4S. The maximum atomic E-state index is 12.0. The number of carbonyl (C=O) groups is 2. The van der Waals surface area contributed by atoms with Crippen LogP contribution in [0.25, 0.3) is 0 Å². The van der Waals surface area contributed by atoms with Crippen LogP contribution in [0.5, 0.6) is 11.5 Å². The first-order valence-corrected chi connectivity index (χ1v) is 9.89. The van der Waals surface area contributed by atoms with Crippen LogP contribution in [0.3, 0.4) is 0 Å². The fourth-order valence-electron chi connectivity index (χ4n) is 2.47. The van der Waals surface area contributed by atoms with Crippen LogP contribution in [-0.2, 0) is 11.3 Å². The minimum absolute atomic E-state index is 0.160. The lowest BCUT2D eigenvalue weighted by Crippen LogP contribution is -2.34. The summed E-state index contributed by atoms with van der Waals surface area (Å²) in [5, 5.41) is 17.1. The Bertz CT molecular complexity index is 841. The van der Waals surface area contributed by atoms with Crippen LogP contribution in [-0.4, -0.2) is 51.1 Å². The second kappa shape index (κ2) is 9.40. The Morgan fingerprint density at radius 2 is 2.04 bits per heavy atom. The summed E-state index contributed by atoms with van der Waals surface area (Å²) in [6.07, 6.45) is 0.160. The Morgan fingerprint density at radius 3 is 2.82 bits per heavy atom. The number of ether oxygens (including phenoxy) is 2. The second-order valence-corrected chi connectivity index (χ2v) is 7.56. The van der Waals surface area contributed by atoms with E-state index in [9.17, 15) is 9.59 Å². The number of tetrazole rings is 1. The van der Waals surface area contributed by atoms with Crippen molar-refractivity contribution in [1.29, 1.82) is 0 Å². The molecule has 0 saturated carbocycles. The van der Waals surface area contributed by atoms with Crippen LogP contribution in [0.4, 0.5) is 10.5 Å². The van der Waals surface area contributed by atoms with E-state index >= 15 is 0 Å². The van der Waals surface area contributed by atoms with Gasteiger partial charge in [-0.15, -0.1) is 5.10 Å². The number of aromatic nitrogens is 4. The van der Waals surface area contributed by atoms with Gasteiger partial charge in [0.1, 0.15) is 13.2 Å². The largest absolute Gasteiger partial charge is 0.486 e. The number of hydrogen-bond acceptors (Lipinski definition) is 8. The summed E-state index contributed by atoms with van der Waals surface area (Å²) in [6.45, 7) is 5.81. The van der Waals surface area contributed by atoms with Gasteiger partial charge < -0.3 is 14.8 Å². The van der Waals surface area contributed by atoms with Crippen molar-refractivity contribution in [2.24, 2.45) is 5.92 Å². The lowest BCUT2D eigenvalue weighted by atomic mass is 10.2. The SMILES string of the molecule is CC(C)Cn1nnnc1SCCC(=O)NC(=O)Nc1ccc2c(c1)OCCO2. The number of carbonyl (C=O) groups excluding carboxylic acids is 2. The van der Waals surface area contributed by atoms with Crippen LogP contribution >= 0.6 is 11.8 Å². The monoisotopic (exact) mass is 406 g/mol. The number of amides is 3. The Balaban J connectivity index is 1.42. The molecule has 0 aliphatic carbocycles. The maximum Gasteiger partial charge on any atom is 0.325 e. The Kier molecular flexibility index (Phi) is 6.69. The molecule has 0 radical (unpaired) electrons. The van der Waals surface area contributed by atoms with E-state index in [1.54, 1.807) is 22.9 Å². The molecule has 1 aliphatic rings. The molecule has 2 N–H and O–H groups in total. The van der Waals surface area contributed by atoms with Gasteiger partial charge >= 0.3 is 6.03 Å². The van der Waals surface area contributed by atoms with Crippen LogP contribution < -0.4 is 20.1 Å². The van der Waals surface area contributed by atoms with Crippen molar-refractivity contribution in [2.75, 3.05) is 24.3 Å². The molecule has 3 rings (SSSR count). The van der Waals surface area contributed by atoms with E-state index in [1.807, 2.05) is 0 Å². The minimum atomic E-state index is -0.601. The molecule has 150 valence electrons. The molecule has 2 heterocycles. The molecule has 28 heavy (non-hydrogen) atoms. The first-order chi connectivity index (χ1) is 13.5. The lowest BCUT2D eigenvalue weighted by Gasteiger charge is -2.19. The average molecular weight is 406 g/mol. The van der Waals surface area contributed by atoms with Crippen LogP contribution in [0.15, 0.2) is 23.4 Å². The van der Waals surface area contributed by atoms with Crippen molar-refractivity contribution in [3.05, 3.63) is 18.2 Å². The van der Waals surface area contributed by atoms with Crippen molar-refractivity contribution < 1.29 is 19.1 Å². The molecule has 0 fully saturated rings. The molecule has 0 bridgehead atoms. The Morgan fingerprint density at radius 1 is 1.25 bits per heavy atom. The number of benzene rings is 1. The number of rotatable bonds is 7. The number of imide groups is 1. The number of anilines is 1. The normalized spacial score (nSPS) is 12.7. The smallest absolute Gasteiger partial charge is 0.325 e. The molecule has 0 spiro atoms. The number of nitrogens with zero attached hydrogens (tertiary/aromatic N) is 4. The lowest BCUT2D eigenvalue weighted by molar-refractivity contribution is -0.119. The van der Waals surface area contributed by atoms with Gasteiger partial charge in [0, 0.05) is 30.5 Å². The first-order valence-electron chi connectivity index (χ1n) is 8.90. The summed E-state index contributed by atoms with van der Waals surface area (Å²) < 4.78 is 12.6. The van der Waals surface area contributed by atoms with Gasteiger partial charge in [-0.1, -0.05) is 25.6 Å². The van der Waals surface area contributed by atoms with E-state index in [-0.39, 0.29) is 12.3 Å². The third-order valence-electron chi connectivity index (χ3n) is 3.65. The molecule has 11 heteroatoms. The highest BCUT2D eigenvalue weighted by atomic mass is 32.2. The molecule has 0 atom stereocenters. The van der Waals surface area contributed by atoms with Gasteiger partial charge in [-0.05, 0) is 28.5 Å². The van der Waals surface area contributed by atoms with Gasteiger partial charge in [0.2, 0.25) is 11.1 Å². The number of fused-ring (bicyclic) bond motifs is 1. The summed E-state index contributed by atoms with van der Waals surface area (Å²) in [7, 11) is 0. The van der Waals surface area contributed by atoms with Crippen LogP contribution in [0, 0.1) is 5.92 Å². The standard InChI is InChI=1S/C17H22N6O4S/c1-11(2)10-23-17(20-21-22-23)28-8-5-15(24)19-16(25)18-12-3-4-13-14(9-12)27-7-6-26-13/h3-4,9,11H,5-8,10H2,1-2H3,(H2,18,19,24,25). The predicted octanol–water partition coefficient (Wildman–Crippen LogP) is 1.93. The molecule has 0 saturated heterocycles. The van der Waals surface area contributed by atoms with Crippen molar-refractivity contribution in [3.63, 3.8) is 0 Å². The maximum absolute atomic E-state index is 12.0. The zero-order chi connectivity index (χ0) is 19.9. The molecule has 1 aromatic carbocycles. The van der Waals surface area contributed by atoms with Gasteiger partial charge in [0.05, 0.1) is 0 Å². The summed E-state index contributed by atoms with van der Waals surface area (Å²) in [4.78, 5) is 24.0. The van der Waals surface area contributed by atoms with E-state index in [1.165, 1.54) is 11.8 Å². The third-order valence-corrected chi connectivity index (χ3v) is 4.61. The summed E-state index contributed by atoms with van der Waals surface area (Å²) in [6, 6.07) is 4.45. The molecular weight excluding hydrogens is 384 g/mol. The van der Waals surface area contributed by atoms with E-state index in [0.29, 0.717) is 53.8 Å². The molecule has 2 aromatic rings. The highest BCUT2D eigenvalue weighted by Gasteiger charge is 2.14. The van der Waals surface area contributed by atoms with E-state index in [4.69, 9.17) is 9.47 Å². The van der Waals surface area contributed by atoms with Gasteiger partial charge in [-0.3, -0.25) is 10.1 Å². The van der Waals surface area contributed by atoms with E-state index in [0.717, 1.165) is 0 Å². The number of hydrogen-bond donors (Lipinski definition) is 2. The van der Waals surface area contributed by atoms with Crippen molar-refractivity contribution >= 4 is 29.4 Å². The van der Waals surface area contributed by atoms with Crippen molar-refractivity contribution in [2.45, 2.75) is 32.0 Å². The van der Waals surface area contributed by atoms with Crippen LogP contribution in [0.1, 0.15) is 20.3 Å². The average Bonchev–Trinajstić information content (AvgIpc) is 3.07. The van der Waals surface area contributed by atoms with Crippen molar-refractivity contribution in [1.82, 2.24) is 25.5 Å². The molecule has 10 nitrogen and oxygen atoms in total. The van der Waals surface area contributed by atoms with Gasteiger partial charge in [-0.25, -0.2) is 9.48 Å². The zero-order valence-electron chi connectivity index (χ0n) is 15.7. The van der Waals surface area contributed by atoms with Crippen molar-refractivity contribution in [3.8, 4) is 11.5 Å². The van der Waals surface area contributed by atoms with E-state index < -0.39 is 6.03 Å². The fourth-order valence-corrected chi connectivity index (χ4v) is 3.29. The Hall–Kier alpha value is -2.82. The summed E-state index contributed by atoms with van der Waals surface area (Å²) in [5.74, 6) is 1.68. The molecule has 1 aliphatic heterocycles. The second-order valence-electron chi connectivity index (χ2n) is 6.50. The molecule has 1 aromatic heterocycles. The highest BCUT2D eigenvalue weighted by Crippen LogP contribution is 2.32. The fraction of sp³-hybridized carbons (Fsp3) is 0.471. The summed E-state index contributed by atoms with van der Waals surface area (Å²) >= 11 is 1.37. The van der Waals surface area contributed by atoms with Gasteiger partial charge in [0.15, 0.2) is 11.5 Å². The number of urea groups is 1. The molecule has 3 amide bonds. The van der Waals surface area contributed by atoms with Crippen LogP contribution in [0.2, 0.25) is 0 Å². The van der Waals surface area contributed by atoms with E-state index in [2.05, 4.69) is 40.0 Å².